The van der Waals surface area contributed by atoms with Crippen LogP contribution in [0.1, 0.15) is 53.1 Å². The molecule has 1 amide bonds. The molecule has 1 fully saturated rings. The third kappa shape index (κ3) is 7.11. The van der Waals surface area contributed by atoms with Crippen LogP contribution in [-0.4, -0.2) is 36.4 Å². The van der Waals surface area contributed by atoms with Crippen LogP contribution in [0.5, 0.6) is 0 Å². The summed E-state index contributed by atoms with van der Waals surface area (Å²) in [6.45, 7) is 2.03. The third-order valence-corrected chi connectivity index (χ3v) is 7.41. The molecule has 0 heterocycles. The fraction of sp³-hybridized carbons (Fsp3) is 0.333. The zero-order valence-electron chi connectivity index (χ0n) is 20.6. The van der Waals surface area contributed by atoms with Crippen molar-refractivity contribution in [2.75, 3.05) is 19.6 Å². The molecule has 6 heteroatoms. The second-order valence-electron chi connectivity index (χ2n) is 9.74. The van der Waals surface area contributed by atoms with Gasteiger partial charge in [-0.1, -0.05) is 72.3 Å². The van der Waals surface area contributed by atoms with Crippen LogP contribution in [0.2, 0.25) is 5.02 Å². The van der Waals surface area contributed by atoms with Gasteiger partial charge in [-0.25, -0.2) is 0 Å². The topological polar surface area (TPSA) is 84.7 Å². The van der Waals surface area contributed by atoms with E-state index in [4.69, 9.17) is 23.1 Å². The van der Waals surface area contributed by atoms with Crippen LogP contribution >= 0.6 is 11.6 Å². The molecular formula is C30H35ClN4O. The molecule has 0 aromatic heterocycles. The van der Waals surface area contributed by atoms with Crippen LogP contribution in [-0.2, 0) is 0 Å². The van der Waals surface area contributed by atoms with Gasteiger partial charge in [0, 0.05) is 36.1 Å². The number of benzene rings is 3. The van der Waals surface area contributed by atoms with E-state index in [2.05, 4.69) is 58.4 Å². The largest absolute Gasteiger partial charge is 0.370 e. The molecule has 0 spiro atoms. The molecule has 1 aliphatic carbocycles. The van der Waals surface area contributed by atoms with Gasteiger partial charge < -0.3 is 16.4 Å². The lowest BCUT2D eigenvalue weighted by molar-refractivity contribution is 0.0700. The molecule has 3 aromatic carbocycles. The summed E-state index contributed by atoms with van der Waals surface area (Å²) >= 11 is 6.11. The Hall–Kier alpha value is -3.31. The molecule has 4 N–H and O–H groups in total. The molecule has 0 aliphatic heterocycles. The van der Waals surface area contributed by atoms with Gasteiger partial charge in [-0.05, 0) is 72.9 Å². The maximum atomic E-state index is 13.8. The Morgan fingerprint density at radius 1 is 0.833 bits per heavy atom. The highest BCUT2D eigenvalue weighted by Crippen LogP contribution is 2.32. The molecule has 0 saturated heterocycles. The first-order valence-corrected chi connectivity index (χ1v) is 13.1. The van der Waals surface area contributed by atoms with Crippen LogP contribution in [0.25, 0.3) is 0 Å². The summed E-state index contributed by atoms with van der Waals surface area (Å²) in [7, 11) is 0. The van der Waals surface area contributed by atoms with Gasteiger partial charge in [0.15, 0.2) is 5.96 Å². The number of nitrogens with two attached hydrogens (primary N) is 2. The van der Waals surface area contributed by atoms with Crippen molar-refractivity contribution < 1.29 is 4.79 Å². The summed E-state index contributed by atoms with van der Waals surface area (Å²) in [6.07, 6.45) is 4.28. The molecule has 5 nitrogen and oxygen atoms in total. The molecule has 36 heavy (non-hydrogen) atoms. The van der Waals surface area contributed by atoms with E-state index in [1.54, 1.807) is 12.1 Å². The van der Waals surface area contributed by atoms with E-state index in [1.807, 2.05) is 24.3 Å². The van der Waals surface area contributed by atoms with E-state index in [0.29, 0.717) is 35.5 Å². The number of carbonyl (C=O) groups excluding carboxylic acids is 1. The number of nitrogens with zero attached hydrogens (tertiary/aromatic N) is 2. The van der Waals surface area contributed by atoms with E-state index in [9.17, 15) is 4.79 Å². The number of guanidine groups is 1. The SMILES string of the molecule is NC(N)=NCC1CCC(CN(CC(c2ccccc2)c2ccccc2)C(=O)c2ccc(Cl)cc2)CC1. The molecule has 188 valence electrons. The van der Waals surface area contributed by atoms with Crippen molar-refractivity contribution in [3.05, 3.63) is 107 Å². The standard InChI is InChI=1S/C30H35ClN4O/c31-27-17-15-26(16-18-27)29(36)35(20-23-13-11-22(12-14-23)19-34-30(32)33)21-28(24-7-3-1-4-8-24)25-9-5-2-6-10-25/h1-10,15-18,22-23,28H,11-14,19-21H2,(H4,32,33,34). The van der Waals surface area contributed by atoms with Gasteiger partial charge in [-0.15, -0.1) is 0 Å². The second kappa shape index (κ2) is 12.6. The summed E-state index contributed by atoms with van der Waals surface area (Å²) in [5.41, 5.74) is 14.1. The van der Waals surface area contributed by atoms with Gasteiger partial charge in [0.2, 0.25) is 0 Å². The molecule has 0 atom stereocenters. The van der Waals surface area contributed by atoms with Gasteiger partial charge >= 0.3 is 0 Å². The Morgan fingerprint density at radius 2 is 1.36 bits per heavy atom. The lowest BCUT2D eigenvalue weighted by Gasteiger charge is -2.34. The quantitative estimate of drug-likeness (QED) is 0.291. The minimum atomic E-state index is 0.0474. The van der Waals surface area contributed by atoms with Crippen molar-refractivity contribution in [1.29, 1.82) is 0 Å². The van der Waals surface area contributed by atoms with Gasteiger partial charge in [-0.2, -0.15) is 0 Å². The minimum absolute atomic E-state index is 0.0474. The van der Waals surface area contributed by atoms with E-state index >= 15 is 0 Å². The summed E-state index contributed by atoms with van der Waals surface area (Å²) in [5.74, 6) is 1.24. The number of halogens is 1. The monoisotopic (exact) mass is 502 g/mol. The predicted octanol–water partition coefficient (Wildman–Crippen LogP) is 5.69. The van der Waals surface area contributed by atoms with Crippen molar-refractivity contribution in [3.8, 4) is 0 Å². The molecule has 1 aliphatic rings. The van der Waals surface area contributed by atoms with Crippen molar-refractivity contribution in [2.45, 2.75) is 31.6 Å². The highest BCUT2D eigenvalue weighted by molar-refractivity contribution is 6.30. The number of carbonyl (C=O) groups is 1. The molecule has 4 rings (SSSR count). The van der Waals surface area contributed by atoms with Gasteiger partial charge in [0.25, 0.3) is 5.91 Å². The highest BCUT2D eigenvalue weighted by Gasteiger charge is 2.28. The fourth-order valence-corrected chi connectivity index (χ4v) is 5.28. The van der Waals surface area contributed by atoms with Crippen LogP contribution in [0, 0.1) is 11.8 Å². The van der Waals surface area contributed by atoms with Gasteiger partial charge in [-0.3, -0.25) is 9.79 Å². The average Bonchev–Trinajstić information content (AvgIpc) is 2.91. The average molecular weight is 503 g/mol. The molecule has 0 bridgehead atoms. The zero-order chi connectivity index (χ0) is 25.3. The van der Waals surface area contributed by atoms with E-state index in [0.717, 1.165) is 32.2 Å². The Bertz CT molecular complexity index is 1080. The zero-order valence-corrected chi connectivity index (χ0v) is 21.4. The highest BCUT2D eigenvalue weighted by atomic mass is 35.5. The first-order valence-electron chi connectivity index (χ1n) is 12.7. The number of hydrogen-bond acceptors (Lipinski definition) is 2. The van der Waals surface area contributed by atoms with Crippen LogP contribution < -0.4 is 11.5 Å². The van der Waals surface area contributed by atoms with E-state index in [-0.39, 0.29) is 17.8 Å². The van der Waals surface area contributed by atoms with Gasteiger partial charge in [0.1, 0.15) is 0 Å². The summed E-state index contributed by atoms with van der Waals surface area (Å²) in [6, 6.07) is 28.1. The van der Waals surface area contributed by atoms with Crippen molar-refractivity contribution in [3.63, 3.8) is 0 Å². The summed E-state index contributed by atoms with van der Waals surface area (Å²) in [4.78, 5) is 20.1. The molecule has 3 aromatic rings. The van der Waals surface area contributed by atoms with Gasteiger partial charge in [0.05, 0.1) is 0 Å². The lowest BCUT2D eigenvalue weighted by atomic mass is 9.81. The van der Waals surface area contributed by atoms with Crippen LogP contribution in [0.4, 0.5) is 0 Å². The minimum Gasteiger partial charge on any atom is -0.370 e. The maximum absolute atomic E-state index is 13.8. The third-order valence-electron chi connectivity index (χ3n) is 7.16. The second-order valence-corrected chi connectivity index (χ2v) is 10.2. The fourth-order valence-electron chi connectivity index (χ4n) is 5.15. The molecule has 1 saturated carbocycles. The molecule has 0 unspecified atom stereocenters. The molecular weight excluding hydrogens is 468 g/mol. The molecule has 0 radical (unpaired) electrons. The van der Waals surface area contributed by atoms with Crippen molar-refractivity contribution >= 4 is 23.5 Å². The number of aliphatic imine (C=N–C) groups is 1. The van der Waals surface area contributed by atoms with E-state index in [1.165, 1.54) is 11.1 Å². The number of hydrogen-bond donors (Lipinski definition) is 2. The number of rotatable bonds is 9. The first-order chi connectivity index (χ1) is 17.5. The normalized spacial score (nSPS) is 17.5. The first kappa shape index (κ1) is 25.8. The Labute approximate surface area is 219 Å². The Morgan fingerprint density at radius 3 is 1.89 bits per heavy atom. The lowest BCUT2D eigenvalue weighted by Crippen LogP contribution is -2.39. The van der Waals surface area contributed by atoms with E-state index < -0.39 is 0 Å². The predicted molar refractivity (Wildman–Crippen MR) is 148 cm³/mol. The maximum Gasteiger partial charge on any atom is 0.253 e. The number of amides is 1. The summed E-state index contributed by atoms with van der Waals surface area (Å²) in [5, 5.41) is 0.628. The summed E-state index contributed by atoms with van der Waals surface area (Å²) < 4.78 is 0. The Kier molecular flexibility index (Phi) is 9.01. The van der Waals surface area contributed by atoms with Crippen molar-refractivity contribution in [2.24, 2.45) is 28.3 Å². The van der Waals surface area contributed by atoms with Crippen LogP contribution in [0.3, 0.4) is 0 Å². The van der Waals surface area contributed by atoms with Crippen molar-refractivity contribution in [1.82, 2.24) is 4.90 Å². The smallest absolute Gasteiger partial charge is 0.253 e. The van der Waals surface area contributed by atoms with Crippen LogP contribution in [0.15, 0.2) is 89.9 Å². The Balaban J connectivity index is 1.56.